The average Bonchev–Trinajstić information content (AvgIpc) is 2.90. The van der Waals surface area contributed by atoms with E-state index in [0.29, 0.717) is 22.2 Å². The Balaban J connectivity index is 2.19. The van der Waals surface area contributed by atoms with E-state index < -0.39 is 10.0 Å². The Hall–Kier alpha value is -1.18. The first-order valence-corrected chi connectivity index (χ1v) is 8.63. The largest absolute Gasteiger partial charge is 0.495 e. The molecule has 0 aromatic heterocycles. The van der Waals surface area contributed by atoms with Crippen LogP contribution in [0.2, 0.25) is 5.02 Å². The summed E-state index contributed by atoms with van der Waals surface area (Å²) >= 11 is 6.03. The number of hydrogen-bond acceptors (Lipinski definition) is 5. The molecule has 0 bridgehead atoms. The second-order valence-corrected chi connectivity index (χ2v) is 7.04. The van der Waals surface area contributed by atoms with Crippen LogP contribution in [-0.4, -0.2) is 41.0 Å². The predicted molar refractivity (Wildman–Crippen MR) is 83.0 cm³/mol. The topological polar surface area (TPSA) is 76.7 Å². The fourth-order valence-corrected chi connectivity index (χ4v) is 3.95. The van der Waals surface area contributed by atoms with Crippen LogP contribution in [0.3, 0.4) is 0 Å². The number of rotatable bonds is 6. The minimum Gasteiger partial charge on any atom is -0.495 e. The van der Waals surface area contributed by atoms with Crippen LogP contribution in [0.1, 0.15) is 12.8 Å². The van der Waals surface area contributed by atoms with Crippen LogP contribution >= 0.6 is 11.6 Å². The predicted octanol–water partition coefficient (Wildman–Crippen LogP) is 1.85. The molecule has 21 heavy (non-hydrogen) atoms. The molecule has 1 fully saturated rings. The maximum absolute atomic E-state index is 12.2. The number of methoxy groups -OCH3 is 2. The molecule has 8 heteroatoms. The Morgan fingerprint density at radius 3 is 2.62 bits per heavy atom. The standard InChI is InChI=1S/C13H19ClN2O4S/c1-19-12-7-13(20-2)11(6-10(12)14)16-21(17,18)8-9-4-3-5-15-9/h6-7,9,15-16H,3-5,8H2,1-2H3. The Morgan fingerprint density at radius 1 is 1.33 bits per heavy atom. The van der Waals surface area contributed by atoms with Gasteiger partial charge in [-0.15, -0.1) is 0 Å². The molecular formula is C13H19ClN2O4S. The van der Waals surface area contributed by atoms with E-state index in [1.54, 1.807) is 6.07 Å². The van der Waals surface area contributed by atoms with Crippen LogP contribution in [0, 0.1) is 0 Å². The lowest BCUT2D eigenvalue weighted by Gasteiger charge is -2.16. The fourth-order valence-electron chi connectivity index (χ4n) is 2.31. The minimum atomic E-state index is -3.48. The summed E-state index contributed by atoms with van der Waals surface area (Å²) in [5.74, 6) is 0.813. The van der Waals surface area contributed by atoms with E-state index >= 15 is 0 Å². The summed E-state index contributed by atoms with van der Waals surface area (Å²) in [5, 5.41) is 3.48. The molecule has 0 aliphatic carbocycles. The fraction of sp³-hybridized carbons (Fsp3) is 0.538. The Kier molecular flexibility index (Phi) is 5.18. The highest BCUT2D eigenvalue weighted by atomic mass is 35.5. The van der Waals surface area contributed by atoms with Gasteiger partial charge in [0.15, 0.2) is 0 Å². The third kappa shape index (κ3) is 4.15. The molecule has 2 rings (SSSR count). The number of halogens is 1. The summed E-state index contributed by atoms with van der Waals surface area (Å²) in [6.45, 7) is 0.859. The molecule has 1 unspecified atom stereocenters. The van der Waals surface area contributed by atoms with E-state index in [-0.39, 0.29) is 11.8 Å². The number of sulfonamides is 1. The van der Waals surface area contributed by atoms with Gasteiger partial charge in [-0.05, 0) is 25.5 Å². The Labute approximate surface area is 129 Å². The van der Waals surface area contributed by atoms with Crippen molar-refractivity contribution >= 4 is 27.3 Å². The molecule has 6 nitrogen and oxygen atoms in total. The SMILES string of the molecule is COc1cc(OC)c(NS(=O)(=O)CC2CCCN2)cc1Cl. The quantitative estimate of drug-likeness (QED) is 0.830. The van der Waals surface area contributed by atoms with Crippen molar-refractivity contribution in [2.45, 2.75) is 18.9 Å². The molecular weight excluding hydrogens is 316 g/mol. The van der Waals surface area contributed by atoms with Crippen LogP contribution in [0.5, 0.6) is 11.5 Å². The molecule has 0 radical (unpaired) electrons. The van der Waals surface area contributed by atoms with Crippen molar-refractivity contribution in [3.63, 3.8) is 0 Å². The van der Waals surface area contributed by atoms with Crippen molar-refractivity contribution in [3.8, 4) is 11.5 Å². The molecule has 1 aromatic rings. The lowest BCUT2D eigenvalue weighted by Crippen LogP contribution is -2.32. The van der Waals surface area contributed by atoms with Crippen LogP contribution in [0.4, 0.5) is 5.69 Å². The summed E-state index contributed by atoms with van der Waals surface area (Å²) in [6, 6.07) is 3.02. The molecule has 1 aromatic carbocycles. The smallest absolute Gasteiger partial charge is 0.234 e. The zero-order chi connectivity index (χ0) is 15.5. The van der Waals surface area contributed by atoms with Crippen molar-refractivity contribution in [1.82, 2.24) is 5.32 Å². The summed E-state index contributed by atoms with van der Waals surface area (Å²) in [5.41, 5.74) is 0.307. The van der Waals surface area contributed by atoms with Gasteiger partial charge in [-0.1, -0.05) is 11.6 Å². The molecule has 0 amide bonds. The van der Waals surface area contributed by atoms with Crippen molar-refractivity contribution in [1.29, 1.82) is 0 Å². The average molecular weight is 335 g/mol. The van der Waals surface area contributed by atoms with Gasteiger partial charge in [0.05, 0.1) is 30.7 Å². The van der Waals surface area contributed by atoms with Gasteiger partial charge in [0.1, 0.15) is 11.5 Å². The molecule has 1 aliphatic heterocycles. The van der Waals surface area contributed by atoms with Crippen LogP contribution in [0.25, 0.3) is 0 Å². The van der Waals surface area contributed by atoms with Crippen LogP contribution in [-0.2, 0) is 10.0 Å². The highest BCUT2D eigenvalue weighted by molar-refractivity contribution is 7.92. The zero-order valence-corrected chi connectivity index (χ0v) is 13.6. The van der Waals surface area contributed by atoms with E-state index in [2.05, 4.69) is 10.0 Å². The van der Waals surface area contributed by atoms with Gasteiger partial charge >= 0.3 is 0 Å². The van der Waals surface area contributed by atoms with Crippen LogP contribution in [0.15, 0.2) is 12.1 Å². The first-order chi connectivity index (χ1) is 9.95. The van der Waals surface area contributed by atoms with Crippen molar-refractivity contribution in [3.05, 3.63) is 17.2 Å². The summed E-state index contributed by atoms with van der Waals surface area (Å²) < 4.78 is 37.2. The van der Waals surface area contributed by atoms with Gasteiger partial charge in [-0.25, -0.2) is 8.42 Å². The van der Waals surface area contributed by atoms with Gasteiger partial charge in [0, 0.05) is 12.1 Å². The van der Waals surface area contributed by atoms with Gasteiger partial charge in [0.25, 0.3) is 0 Å². The lowest BCUT2D eigenvalue weighted by molar-refractivity contribution is 0.396. The van der Waals surface area contributed by atoms with E-state index in [0.717, 1.165) is 19.4 Å². The number of ether oxygens (including phenoxy) is 2. The highest BCUT2D eigenvalue weighted by Gasteiger charge is 2.23. The Bertz CT molecular complexity index is 600. The van der Waals surface area contributed by atoms with E-state index in [1.807, 2.05) is 0 Å². The van der Waals surface area contributed by atoms with Crippen molar-refractivity contribution in [2.24, 2.45) is 0 Å². The van der Waals surface area contributed by atoms with Crippen LogP contribution < -0.4 is 19.5 Å². The minimum absolute atomic E-state index is 0.0118. The number of hydrogen-bond donors (Lipinski definition) is 2. The zero-order valence-electron chi connectivity index (χ0n) is 12.0. The molecule has 0 spiro atoms. The Morgan fingerprint density at radius 2 is 2.05 bits per heavy atom. The second-order valence-electron chi connectivity index (χ2n) is 4.86. The van der Waals surface area contributed by atoms with E-state index in [9.17, 15) is 8.42 Å². The highest BCUT2D eigenvalue weighted by Crippen LogP contribution is 2.36. The number of benzene rings is 1. The third-order valence-corrected chi connectivity index (χ3v) is 4.99. The maximum atomic E-state index is 12.2. The molecule has 1 saturated heterocycles. The summed E-state index contributed by atoms with van der Waals surface area (Å²) in [4.78, 5) is 0. The van der Waals surface area contributed by atoms with Gasteiger partial charge in [-0.2, -0.15) is 0 Å². The van der Waals surface area contributed by atoms with Gasteiger partial charge in [0.2, 0.25) is 10.0 Å². The van der Waals surface area contributed by atoms with E-state index in [4.69, 9.17) is 21.1 Å². The van der Waals surface area contributed by atoms with Crippen molar-refractivity contribution in [2.75, 3.05) is 31.2 Å². The first kappa shape index (κ1) is 16.2. The third-order valence-electron chi connectivity index (χ3n) is 3.32. The molecule has 1 heterocycles. The van der Waals surface area contributed by atoms with Crippen molar-refractivity contribution < 1.29 is 17.9 Å². The first-order valence-electron chi connectivity index (χ1n) is 6.60. The van der Waals surface area contributed by atoms with Gasteiger partial charge < -0.3 is 14.8 Å². The molecule has 2 N–H and O–H groups in total. The number of anilines is 1. The second kappa shape index (κ2) is 6.72. The summed E-state index contributed by atoms with van der Waals surface area (Å²) in [7, 11) is -0.539. The summed E-state index contributed by atoms with van der Waals surface area (Å²) in [6.07, 6.45) is 1.86. The normalized spacial score (nSPS) is 18.5. The molecule has 1 atom stereocenters. The van der Waals surface area contributed by atoms with Gasteiger partial charge in [-0.3, -0.25) is 4.72 Å². The molecule has 1 aliphatic rings. The van der Waals surface area contributed by atoms with E-state index in [1.165, 1.54) is 20.3 Å². The molecule has 0 saturated carbocycles. The maximum Gasteiger partial charge on any atom is 0.234 e. The lowest BCUT2D eigenvalue weighted by atomic mass is 10.3. The molecule has 118 valence electrons. The monoisotopic (exact) mass is 334 g/mol. The number of nitrogens with one attached hydrogen (secondary N) is 2.